The highest BCUT2D eigenvalue weighted by Gasteiger charge is 2.20. The van der Waals surface area contributed by atoms with Gasteiger partial charge in [-0.05, 0) is 74.4 Å². The first-order chi connectivity index (χ1) is 17.3. The molecule has 3 aromatic heterocycles. The lowest BCUT2D eigenvalue weighted by Gasteiger charge is -2.20. The summed E-state index contributed by atoms with van der Waals surface area (Å²) in [6.45, 7) is 9.29. The number of nitrogens with one attached hydrogen (secondary N) is 1. The van der Waals surface area contributed by atoms with E-state index in [1.165, 1.54) is 12.1 Å². The Morgan fingerprint density at radius 1 is 0.944 bits per heavy atom. The highest BCUT2D eigenvalue weighted by Crippen LogP contribution is 2.33. The highest BCUT2D eigenvalue weighted by atomic mass is 19.1. The molecule has 36 heavy (non-hydrogen) atoms. The summed E-state index contributed by atoms with van der Waals surface area (Å²) in [6, 6.07) is 22.8. The fourth-order valence-electron chi connectivity index (χ4n) is 4.22. The van der Waals surface area contributed by atoms with E-state index in [1.807, 2.05) is 30.5 Å². The van der Waals surface area contributed by atoms with E-state index in [9.17, 15) is 4.39 Å². The van der Waals surface area contributed by atoms with Crippen LogP contribution in [0.1, 0.15) is 50.6 Å². The van der Waals surface area contributed by atoms with Gasteiger partial charge in [-0.2, -0.15) is 0 Å². The summed E-state index contributed by atoms with van der Waals surface area (Å²) in [5.74, 6) is 0.500. The molecule has 0 spiro atoms. The molecule has 0 unspecified atom stereocenters. The number of aromatic nitrogens is 4. The molecule has 5 aromatic rings. The van der Waals surface area contributed by atoms with Crippen LogP contribution in [0.2, 0.25) is 0 Å². The van der Waals surface area contributed by atoms with Crippen LogP contribution >= 0.6 is 0 Å². The monoisotopic (exact) mass is 479 g/mol. The molecule has 2 aromatic carbocycles. The van der Waals surface area contributed by atoms with Gasteiger partial charge in [0.25, 0.3) is 0 Å². The maximum Gasteiger partial charge on any atom is 0.138 e. The number of benzene rings is 2. The second-order valence-electron chi connectivity index (χ2n) is 10.1. The van der Waals surface area contributed by atoms with Crippen LogP contribution in [-0.2, 0) is 6.54 Å². The summed E-state index contributed by atoms with van der Waals surface area (Å²) in [6.07, 6.45) is 3.83. The summed E-state index contributed by atoms with van der Waals surface area (Å²) in [5, 5.41) is 3.53. The number of rotatable bonds is 6. The van der Waals surface area contributed by atoms with Crippen LogP contribution in [0.25, 0.3) is 28.3 Å². The van der Waals surface area contributed by atoms with Crippen molar-refractivity contribution in [3.63, 3.8) is 0 Å². The molecule has 1 N–H and O–H groups in total. The normalized spacial score (nSPS) is 12.7. The molecule has 0 radical (unpaired) electrons. The Labute approximate surface area is 211 Å². The second-order valence-corrected chi connectivity index (χ2v) is 10.1. The number of pyridine rings is 1. The number of halogens is 1. The molecule has 0 aliphatic carbocycles. The van der Waals surface area contributed by atoms with E-state index in [0.29, 0.717) is 0 Å². The molecule has 0 saturated heterocycles. The maximum absolute atomic E-state index is 13.7. The van der Waals surface area contributed by atoms with Crippen molar-refractivity contribution in [3.8, 4) is 22.6 Å². The molecule has 0 amide bonds. The van der Waals surface area contributed by atoms with E-state index in [0.717, 1.165) is 51.8 Å². The van der Waals surface area contributed by atoms with E-state index in [2.05, 4.69) is 66.7 Å². The smallest absolute Gasteiger partial charge is 0.138 e. The minimum Gasteiger partial charge on any atom is -0.308 e. The van der Waals surface area contributed by atoms with Crippen molar-refractivity contribution < 1.29 is 4.39 Å². The summed E-state index contributed by atoms with van der Waals surface area (Å²) in [4.78, 5) is 14.5. The Kier molecular flexibility index (Phi) is 6.37. The van der Waals surface area contributed by atoms with Crippen molar-refractivity contribution >= 4 is 5.65 Å². The van der Waals surface area contributed by atoms with Gasteiger partial charge in [0.1, 0.15) is 17.3 Å². The third kappa shape index (κ3) is 5.04. The zero-order valence-corrected chi connectivity index (χ0v) is 21.0. The minimum absolute atomic E-state index is 0.0127. The molecule has 0 fully saturated rings. The molecule has 6 heteroatoms. The molecule has 3 heterocycles. The zero-order chi connectivity index (χ0) is 25.3. The van der Waals surface area contributed by atoms with Gasteiger partial charge in [0.05, 0.1) is 17.1 Å². The minimum atomic E-state index is -0.277. The molecular formula is C30H30FN5. The fraction of sp³-hybridized carbons (Fsp3) is 0.233. The average Bonchev–Trinajstić information content (AvgIpc) is 3.26. The molecule has 0 aliphatic heterocycles. The van der Waals surface area contributed by atoms with Crippen LogP contribution < -0.4 is 5.32 Å². The Balaban J connectivity index is 1.63. The van der Waals surface area contributed by atoms with Gasteiger partial charge < -0.3 is 5.32 Å². The van der Waals surface area contributed by atoms with Gasteiger partial charge in [-0.1, -0.05) is 37.3 Å². The van der Waals surface area contributed by atoms with Crippen molar-refractivity contribution in [2.45, 2.75) is 45.7 Å². The van der Waals surface area contributed by atoms with Crippen LogP contribution in [0.5, 0.6) is 0 Å². The fourth-order valence-corrected chi connectivity index (χ4v) is 4.22. The largest absolute Gasteiger partial charge is 0.308 e. The van der Waals surface area contributed by atoms with Crippen molar-refractivity contribution in [3.05, 3.63) is 108 Å². The van der Waals surface area contributed by atoms with Crippen molar-refractivity contribution in [1.82, 2.24) is 24.7 Å². The van der Waals surface area contributed by atoms with Crippen LogP contribution in [0, 0.1) is 5.82 Å². The Bertz CT molecular complexity index is 1480. The van der Waals surface area contributed by atoms with E-state index in [1.54, 1.807) is 18.3 Å². The SMILES string of the molecule is C[C@@H](c1ccccc1)c1nccc(-c2c(-c3ccc(F)cc3)nc3cc(CNC(C)(C)C)ccn23)n1. The zero-order valence-electron chi connectivity index (χ0n) is 21.0. The topological polar surface area (TPSA) is 55.1 Å². The maximum atomic E-state index is 13.7. The van der Waals surface area contributed by atoms with Crippen molar-refractivity contribution in [2.75, 3.05) is 0 Å². The third-order valence-corrected chi connectivity index (χ3v) is 6.23. The Morgan fingerprint density at radius 3 is 2.42 bits per heavy atom. The Morgan fingerprint density at radius 2 is 1.69 bits per heavy atom. The first kappa shape index (κ1) is 23.8. The van der Waals surface area contributed by atoms with Gasteiger partial charge in [-0.15, -0.1) is 0 Å². The number of imidazole rings is 1. The van der Waals surface area contributed by atoms with Crippen LogP contribution in [-0.4, -0.2) is 24.9 Å². The van der Waals surface area contributed by atoms with Gasteiger partial charge in [0.2, 0.25) is 0 Å². The highest BCUT2D eigenvalue weighted by molar-refractivity contribution is 5.80. The van der Waals surface area contributed by atoms with E-state index in [-0.39, 0.29) is 17.3 Å². The van der Waals surface area contributed by atoms with Gasteiger partial charge in [-0.3, -0.25) is 4.40 Å². The summed E-state index contributed by atoms with van der Waals surface area (Å²) in [5.41, 5.74) is 6.34. The van der Waals surface area contributed by atoms with Crippen LogP contribution in [0.3, 0.4) is 0 Å². The third-order valence-electron chi connectivity index (χ3n) is 6.23. The van der Waals surface area contributed by atoms with Gasteiger partial charge in [0, 0.05) is 36.0 Å². The summed E-state index contributed by atoms with van der Waals surface area (Å²) in [7, 11) is 0. The van der Waals surface area contributed by atoms with Gasteiger partial charge in [-0.25, -0.2) is 19.3 Å². The number of nitrogens with zero attached hydrogens (tertiary/aromatic N) is 4. The van der Waals surface area contributed by atoms with E-state index < -0.39 is 0 Å². The first-order valence-corrected chi connectivity index (χ1v) is 12.2. The van der Waals surface area contributed by atoms with Crippen LogP contribution in [0.15, 0.2) is 85.2 Å². The molecule has 5 rings (SSSR count). The summed E-state index contributed by atoms with van der Waals surface area (Å²) >= 11 is 0. The summed E-state index contributed by atoms with van der Waals surface area (Å²) < 4.78 is 15.8. The van der Waals surface area contributed by atoms with Crippen molar-refractivity contribution in [1.29, 1.82) is 0 Å². The molecule has 182 valence electrons. The lowest BCUT2D eigenvalue weighted by molar-refractivity contribution is 0.424. The molecular weight excluding hydrogens is 449 g/mol. The average molecular weight is 480 g/mol. The predicted molar refractivity (Wildman–Crippen MR) is 142 cm³/mol. The van der Waals surface area contributed by atoms with E-state index in [4.69, 9.17) is 9.97 Å². The lowest BCUT2D eigenvalue weighted by atomic mass is 10.0. The standard InChI is InChI=1S/C30H30FN5/c1-20(22-8-6-5-7-9-22)29-32-16-14-25(34-29)28-27(23-10-12-24(31)13-11-23)35-26-18-21(15-17-36(26)28)19-33-30(2,3)4/h5-18,20,33H,19H2,1-4H3/t20-/m0/s1. The predicted octanol–water partition coefficient (Wildman–Crippen LogP) is 6.64. The van der Waals surface area contributed by atoms with Gasteiger partial charge in [0.15, 0.2) is 0 Å². The molecule has 0 aliphatic rings. The number of fused-ring (bicyclic) bond motifs is 1. The molecule has 0 bridgehead atoms. The molecule has 0 saturated carbocycles. The van der Waals surface area contributed by atoms with Crippen LogP contribution in [0.4, 0.5) is 4.39 Å². The van der Waals surface area contributed by atoms with E-state index >= 15 is 0 Å². The second kappa shape index (κ2) is 9.63. The molecule has 1 atom stereocenters. The van der Waals surface area contributed by atoms with Gasteiger partial charge >= 0.3 is 0 Å². The number of hydrogen-bond donors (Lipinski definition) is 1. The first-order valence-electron chi connectivity index (χ1n) is 12.2. The van der Waals surface area contributed by atoms with Crippen molar-refractivity contribution in [2.24, 2.45) is 0 Å². The number of hydrogen-bond acceptors (Lipinski definition) is 4. The molecule has 5 nitrogen and oxygen atoms in total. The lowest BCUT2D eigenvalue weighted by Crippen LogP contribution is -2.35. The Hall–Kier alpha value is -3.90. The quantitative estimate of drug-likeness (QED) is 0.297.